The SMILES string of the molecule is CCn1c(-c2cccnc2[C@H](C)OC)c2c3cc(ccc31)-c1csc(n1)CC([Si])(NC(=O)C1(F)CCC1)C(=O)N1CCC[C@H](N1)C(=O)OCC(C)(C)C2. The molecule has 7 rings (SSSR count). The summed E-state index contributed by atoms with van der Waals surface area (Å²) in [4.78, 5) is 50.9. The molecule has 0 spiro atoms. The summed E-state index contributed by atoms with van der Waals surface area (Å²) in [6.45, 7) is 9.41. The van der Waals surface area contributed by atoms with E-state index in [9.17, 15) is 14.4 Å². The second kappa shape index (κ2) is 14.3. The van der Waals surface area contributed by atoms with Crippen molar-refractivity contribution in [3.63, 3.8) is 0 Å². The second-order valence-corrected chi connectivity index (χ2v) is 17.1. The van der Waals surface area contributed by atoms with E-state index in [0.29, 0.717) is 37.2 Å². The molecule has 2 aliphatic heterocycles. The molecule has 3 aliphatic rings. The first-order valence-electron chi connectivity index (χ1n) is 18.3. The normalized spacial score (nSPS) is 23.5. The summed E-state index contributed by atoms with van der Waals surface area (Å²) in [5.41, 5.74) is 7.14. The summed E-state index contributed by atoms with van der Waals surface area (Å²) >= 11 is 1.36. The van der Waals surface area contributed by atoms with Crippen molar-refractivity contribution in [3.05, 3.63) is 58.2 Å². The number of fused-ring (bicyclic) bond motifs is 6. The number of hydrogen-bond donors (Lipinski definition) is 2. The Morgan fingerprint density at radius 1 is 1.23 bits per heavy atom. The minimum atomic E-state index is -2.03. The van der Waals surface area contributed by atoms with Gasteiger partial charge in [-0.1, -0.05) is 19.9 Å². The van der Waals surface area contributed by atoms with Crippen molar-refractivity contribution >= 4 is 50.3 Å². The van der Waals surface area contributed by atoms with Gasteiger partial charge in [0.2, 0.25) is 0 Å². The fourth-order valence-corrected chi connectivity index (χ4v) is 9.06. The average Bonchev–Trinajstić information content (AvgIpc) is 3.73. The van der Waals surface area contributed by atoms with Crippen LogP contribution in [0, 0.1) is 5.41 Å². The summed E-state index contributed by atoms with van der Waals surface area (Å²) in [6, 6.07) is 9.55. The van der Waals surface area contributed by atoms with Crippen molar-refractivity contribution in [2.75, 3.05) is 20.3 Å². The number of benzene rings is 1. The van der Waals surface area contributed by atoms with Crippen LogP contribution in [0.2, 0.25) is 0 Å². The number of aryl methyl sites for hydroxylation is 1. The maximum atomic E-state index is 15.4. The minimum Gasteiger partial charge on any atom is -0.464 e. The molecule has 2 amide bonds. The van der Waals surface area contributed by atoms with Crippen LogP contribution >= 0.6 is 11.3 Å². The number of carbonyl (C=O) groups is 3. The highest BCUT2D eigenvalue weighted by Crippen LogP contribution is 2.42. The van der Waals surface area contributed by atoms with Gasteiger partial charge < -0.3 is 19.4 Å². The smallest absolute Gasteiger partial charge is 0.324 e. The number of amides is 2. The van der Waals surface area contributed by atoms with E-state index in [-0.39, 0.29) is 38.5 Å². The molecule has 279 valence electrons. The maximum absolute atomic E-state index is 15.4. The van der Waals surface area contributed by atoms with Gasteiger partial charge in [0.25, 0.3) is 11.8 Å². The Morgan fingerprint density at radius 3 is 2.74 bits per heavy atom. The molecular weight excluding hydrogens is 712 g/mol. The highest BCUT2D eigenvalue weighted by atomic mass is 32.1. The Hall–Kier alpha value is -3.98. The molecule has 1 saturated heterocycles. The first-order chi connectivity index (χ1) is 25.3. The van der Waals surface area contributed by atoms with Gasteiger partial charge in [-0.3, -0.25) is 24.4 Å². The minimum absolute atomic E-state index is 0.0397. The van der Waals surface area contributed by atoms with Crippen molar-refractivity contribution in [2.24, 2.45) is 5.41 Å². The molecule has 2 fully saturated rings. The van der Waals surface area contributed by atoms with E-state index < -0.39 is 40.1 Å². The second-order valence-electron chi connectivity index (χ2n) is 15.3. The lowest BCUT2D eigenvalue weighted by molar-refractivity contribution is -0.156. The van der Waals surface area contributed by atoms with Crippen LogP contribution in [0.5, 0.6) is 0 Å². The summed E-state index contributed by atoms with van der Waals surface area (Å²) in [7, 11) is 5.31. The number of thiazole rings is 1. The molecule has 5 heterocycles. The lowest BCUT2D eigenvalue weighted by Crippen LogP contribution is -2.68. The van der Waals surface area contributed by atoms with Gasteiger partial charge in [-0.05, 0) is 82.2 Å². The van der Waals surface area contributed by atoms with E-state index in [2.05, 4.69) is 64.5 Å². The Morgan fingerprint density at radius 2 is 2.02 bits per heavy atom. The number of alkyl halides is 1. The fourth-order valence-electron chi connectivity index (χ4n) is 7.63. The Bertz CT molecular complexity index is 2060. The van der Waals surface area contributed by atoms with Crippen molar-refractivity contribution in [3.8, 4) is 22.5 Å². The molecule has 6 bridgehead atoms. The van der Waals surface area contributed by atoms with E-state index in [4.69, 9.17) is 19.4 Å². The number of aromatic nitrogens is 3. The number of ether oxygens (including phenoxy) is 2. The molecule has 14 heteroatoms. The van der Waals surface area contributed by atoms with Gasteiger partial charge in [0.05, 0.1) is 45.0 Å². The fraction of sp³-hybridized carbons (Fsp3) is 0.513. The Kier molecular flexibility index (Phi) is 10.1. The van der Waals surface area contributed by atoms with E-state index in [1.807, 2.05) is 24.4 Å². The number of cyclic esters (lactones) is 1. The molecule has 3 aromatic heterocycles. The van der Waals surface area contributed by atoms with Gasteiger partial charge >= 0.3 is 5.97 Å². The highest BCUT2D eigenvalue weighted by Gasteiger charge is 2.50. The lowest BCUT2D eigenvalue weighted by Gasteiger charge is -2.41. The van der Waals surface area contributed by atoms with Crippen molar-refractivity contribution in [2.45, 2.75) is 102 Å². The Labute approximate surface area is 316 Å². The average molecular weight is 758 g/mol. The third-order valence-electron chi connectivity index (χ3n) is 10.8. The summed E-state index contributed by atoms with van der Waals surface area (Å²) in [5, 5.41) is 5.87. The molecule has 11 nitrogen and oxygen atoms in total. The number of esters is 1. The van der Waals surface area contributed by atoms with E-state index >= 15 is 4.39 Å². The van der Waals surface area contributed by atoms with Gasteiger partial charge in [-0.2, -0.15) is 0 Å². The van der Waals surface area contributed by atoms with Crippen LogP contribution in [-0.2, 0) is 43.2 Å². The van der Waals surface area contributed by atoms with Crippen LogP contribution in [0.4, 0.5) is 4.39 Å². The number of hydrogen-bond acceptors (Lipinski definition) is 9. The zero-order valence-corrected chi connectivity index (χ0v) is 32.7. The predicted molar refractivity (Wildman–Crippen MR) is 202 cm³/mol. The zero-order valence-electron chi connectivity index (χ0n) is 30.9. The molecule has 3 radical (unpaired) electrons. The van der Waals surface area contributed by atoms with Crippen molar-refractivity contribution in [1.29, 1.82) is 0 Å². The lowest BCUT2D eigenvalue weighted by atomic mass is 9.81. The number of carbonyl (C=O) groups excluding carboxylic acids is 3. The molecular formula is C39H46FN6O5SSi. The number of hydrazine groups is 1. The van der Waals surface area contributed by atoms with Crippen LogP contribution in [0.1, 0.15) is 82.2 Å². The van der Waals surface area contributed by atoms with Gasteiger partial charge in [-0.15, -0.1) is 11.3 Å². The number of nitrogens with one attached hydrogen (secondary N) is 2. The van der Waals surface area contributed by atoms with E-state index in [1.165, 1.54) is 16.3 Å². The van der Waals surface area contributed by atoms with Crippen LogP contribution in [0.25, 0.3) is 33.4 Å². The zero-order chi connectivity index (χ0) is 37.7. The van der Waals surface area contributed by atoms with Crippen LogP contribution < -0.4 is 10.7 Å². The predicted octanol–water partition coefficient (Wildman–Crippen LogP) is 5.59. The molecule has 4 aromatic rings. The number of methoxy groups -OCH3 is 1. The molecule has 1 aliphatic carbocycles. The summed E-state index contributed by atoms with van der Waals surface area (Å²) < 4.78 is 29.5. The van der Waals surface area contributed by atoms with Crippen LogP contribution in [-0.4, -0.2) is 84.7 Å². The van der Waals surface area contributed by atoms with Crippen LogP contribution in [0.3, 0.4) is 0 Å². The Balaban J connectivity index is 1.37. The third-order valence-corrected chi connectivity index (χ3v) is 12.2. The summed E-state index contributed by atoms with van der Waals surface area (Å²) in [6.07, 6.45) is 3.88. The highest BCUT2D eigenvalue weighted by molar-refractivity contribution is 7.10. The van der Waals surface area contributed by atoms with Gasteiger partial charge in [0.1, 0.15) is 11.2 Å². The van der Waals surface area contributed by atoms with E-state index in [0.717, 1.165) is 44.7 Å². The quantitative estimate of drug-likeness (QED) is 0.193. The largest absolute Gasteiger partial charge is 0.464 e. The van der Waals surface area contributed by atoms with Gasteiger partial charge in [0, 0.05) is 65.6 Å². The van der Waals surface area contributed by atoms with Crippen molar-refractivity contribution in [1.82, 2.24) is 30.3 Å². The van der Waals surface area contributed by atoms with E-state index in [1.54, 1.807) is 13.3 Å². The topological polar surface area (TPSA) is 128 Å². The van der Waals surface area contributed by atoms with Crippen LogP contribution in [0.15, 0.2) is 41.9 Å². The number of rotatable bonds is 6. The standard InChI is InChI=1S/C39H46FN6O5SSi/c1-6-45-30-13-12-24-18-26(30)27(33(45)25-10-7-16-41-32(25)23(2)50-5)19-37(3,4)22-51-34(47)28-11-8-17-46(44-28)36(49)39(53,20-31-42-29(24)21-52-31)43-35(48)38(40)14-9-15-38/h7,10,12-13,16,18,21,23,28,44H,6,8-9,11,14-15,17,19-20,22H2,1-5H3,(H,43,48)/t23-,28-,39?/m0/s1. The molecule has 1 unspecified atom stereocenters. The number of pyridine rings is 1. The van der Waals surface area contributed by atoms with Crippen molar-refractivity contribution < 1.29 is 28.2 Å². The maximum Gasteiger partial charge on any atom is 0.324 e. The molecule has 3 atom stereocenters. The molecule has 2 N–H and O–H groups in total. The third kappa shape index (κ3) is 7.06. The summed E-state index contributed by atoms with van der Waals surface area (Å²) in [5.74, 6) is -1.85. The molecule has 1 aromatic carbocycles. The monoisotopic (exact) mass is 757 g/mol. The molecule has 1 saturated carbocycles. The number of nitrogens with zero attached hydrogens (tertiary/aromatic N) is 4. The molecule has 53 heavy (non-hydrogen) atoms. The van der Waals surface area contributed by atoms with Gasteiger partial charge in [0.15, 0.2) is 5.67 Å². The first kappa shape index (κ1) is 37.3. The van der Waals surface area contributed by atoms with Gasteiger partial charge in [-0.25, -0.2) is 14.8 Å². The first-order valence-corrected chi connectivity index (χ1v) is 19.7. The number of halogens is 1.